The molecule has 0 bridgehead atoms. The van der Waals surface area contributed by atoms with Crippen molar-refractivity contribution in [3.05, 3.63) is 59.7 Å². The number of para-hydroxylation sites is 1. The molecule has 0 saturated heterocycles. The van der Waals surface area contributed by atoms with Gasteiger partial charge in [0.1, 0.15) is 5.75 Å². The maximum absolute atomic E-state index is 11.9. The summed E-state index contributed by atoms with van der Waals surface area (Å²) >= 11 is 0. The van der Waals surface area contributed by atoms with Gasteiger partial charge in [-0.05, 0) is 49.2 Å². The van der Waals surface area contributed by atoms with E-state index in [1.165, 1.54) is 0 Å². The Balaban J connectivity index is 1.85. The number of anilines is 1. The van der Waals surface area contributed by atoms with E-state index >= 15 is 0 Å². The molecular weight excluding hydrogens is 306 g/mol. The molecule has 0 saturated carbocycles. The largest absolute Gasteiger partial charge is 0.483 e. The molecule has 0 spiro atoms. The Labute approximate surface area is 141 Å². The van der Waals surface area contributed by atoms with Gasteiger partial charge in [0, 0.05) is 5.69 Å². The average molecular weight is 327 g/mol. The minimum Gasteiger partial charge on any atom is -0.483 e. The first-order valence-corrected chi connectivity index (χ1v) is 7.85. The van der Waals surface area contributed by atoms with E-state index < -0.39 is 0 Å². The number of esters is 1. The number of benzene rings is 2. The molecule has 2 aromatic rings. The summed E-state index contributed by atoms with van der Waals surface area (Å²) in [7, 11) is 0. The van der Waals surface area contributed by atoms with Gasteiger partial charge in [-0.25, -0.2) is 4.79 Å². The maximum Gasteiger partial charge on any atom is 0.338 e. The fraction of sp³-hybridized carbons (Fsp3) is 0.263. The van der Waals surface area contributed by atoms with Crippen molar-refractivity contribution in [2.45, 2.75) is 20.3 Å². The van der Waals surface area contributed by atoms with Crippen LogP contribution in [0.4, 0.5) is 5.69 Å². The Morgan fingerprint density at radius 2 is 1.75 bits per heavy atom. The molecule has 126 valence electrons. The monoisotopic (exact) mass is 327 g/mol. The zero-order chi connectivity index (χ0) is 17.4. The van der Waals surface area contributed by atoms with E-state index in [4.69, 9.17) is 9.47 Å². The summed E-state index contributed by atoms with van der Waals surface area (Å²) in [6.45, 7) is 4.17. The molecule has 0 aromatic heterocycles. The Hall–Kier alpha value is -2.82. The van der Waals surface area contributed by atoms with Crippen LogP contribution < -0.4 is 10.1 Å². The molecule has 0 aliphatic heterocycles. The second-order valence-electron chi connectivity index (χ2n) is 5.32. The van der Waals surface area contributed by atoms with E-state index in [-0.39, 0.29) is 18.5 Å². The molecule has 0 heterocycles. The summed E-state index contributed by atoms with van der Waals surface area (Å²) in [5, 5.41) is 2.72. The van der Waals surface area contributed by atoms with Crippen LogP contribution in [0.1, 0.15) is 29.3 Å². The van der Waals surface area contributed by atoms with Crippen LogP contribution in [0.5, 0.6) is 5.75 Å². The van der Waals surface area contributed by atoms with Crippen LogP contribution in [0, 0.1) is 6.92 Å². The highest BCUT2D eigenvalue weighted by Gasteiger charge is 2.08. The number of carbonyl (C=O) groups is 2. The van der Waals surface area contributed by atoms with Crippen molar-refractivity contribution in [2.75, 3.05) is 18.5 Å². The molecule has 5 nitrogen and oxygen atoms in total. The third kappa shape index (κ3) is 5.12. The number of amides is 1. The van der Waals surface area contributed by atoms with Gasteiger partial charge in [-0.15, -0.1) is 0 Å². The first-order chi connectivity index (χ1) is 11.6. The fourth-order valence-electron chi connectivity index (χ4n) is 2.03. The highest BCUT2D eigenvalue weighted by Crippen LogP contribution is 2.16. The summed E-state index contributed by atoms with van der Waals surface area (Å²) < 4.78 is 10.5. The Bertz CT molecular complexity index is 695. The van der Waals surface area contributed by atoms with Crippen molar-refractivity contribution >= 4 is 17.6 Å². The van der Waals surface area contributed by atoms with Crippen molar-refractivity contribution in [2.24, 2.45) is 0 Å². The Kier molecular flexibility index (Phi) is 6.37. The number of aryl methyl sites for hydroxylation is 1. The summed E-state index contributed by atoms with van der Waals surface area (Å²) in [5.74, 6) is 0.0545. The standard InChI is InChI=1S/C19H21NO4/c1-3-12-23-19(22)15-8-10-16(11-9-15)20-18(21)13-24-17-7-5-4-6-14(17)2/h4-11H,3,12-13H2,1-2H3,(H,20,21). The number of hydrogen-bond donors (Lipinski definition) is 1. The average Bonchev–Trinajstić information content (AvgIpc) is 2.59. The molecule has 0 aliphatic rings. The molecule has 24 heavy (non-hydrogen) atoms. The van der Waals surface area contributed by atoms with Gasteiger partial charge >= 0.3 is 5.97 Å². The van der Waals surface area contributed by atoms with Crippen LogP contribution in [0.3, 0.4) is 0 Å². The van der Waals surface area contributed by atoms with Gasteiger partial charge in [0.2, 0.25) is 0 Å². The molecule has 0 fully saturated rings. The van der Waals surface area contributed by atoms with Gasteiger partial charge in [-0.2, -0.15) is 0 Å². The highest BCUT2D eigenvalue weighted by atomic mass is 16.5. The first-order valence-electron chi connectivity index (χ1n) is 7.85. The minimum atomic E-state index is -0.363. The maximum atomic E-state index is 11.9. The third-order valence-corrected chi connectivity index (χ3v) is 3.29. The lowest BCUT2D eigenvalue weighted by Crippen LogP contribution is -2.20. The van der Waals surface area contributed by atoms with E-state index in [1.54, 1.807) is 24.3 Å². The van der Waals surface area contributed by atoms with E-state index in [2.05, 4.69) is 5.32 Å². The summed E-state index contributed by atoms with van der Waals surface area (Å²) in [6, 6.07) is 14.1. The quantitative estimate of drug-likeness (QED) is 0.790. The Morgan fingerprint density at radius 3 is 2.42 bits per heavy atom. The summed E-state index contributed by atoms with van der Waals surface area (Å²) in [4.78, 5) is 23.6. The van der Waals surface area contributed by atoms with Crippen LogP contribution in [0.2, 0.25) is 0 Å². The zero-order valence-electron chi connectivity index (χ0n) is 13.9. The molecular formula is C19H21NO4. The predicted molar refractivity (Wildman–Crippen MR) is 92.3 cm³/mol. The molecule has 0 atom stereocenters. The molecule has 2 rings (SSSR count). The zero-order valence-corrected chi connectivity index (χ0v) is 13.9. The lowest BCUT2D eigenvalue weighted by molar-refractivity contribution is -0.118. The number of ether oxygens (including phenoxy) is 2. The minimum absolute atomic E-state index is 0.0782. The van der Waals surface area contributed by atoms with Crippen LogP contribution in [0.15, 0.2) is 48.5 Å². The van der Waals surface area contributed by atoms with E-state index in [9.17, 15) is 9.59 Å². The van der Waals surface area contributed by atoms with Gasteiger partial charge in [-0.3, -0.25) is 4.79 Å². The van der Waals surface area contributed by atoms with Gasteiger partial charge < -0.3 is 14.8 Å². The molecule has 0 radical (unpaired) electrons. The van der Waals surface area contributed by atoms with E-state index in [0.29, 0.717) is 23.6 Å². The summed E-state index contributed by atoms with van der Waals surface area (Å²) in [5.41, 5.74) is 2.03. The molecule has 5 heteroatoms. The van der Waals surface area contributed by atoms with Crippen LogP contribution >= 0.6 is 0 Å². The van der Waals surface area contributed by atoms with Crippen LogP contribution in [-0.4, -0.2) is 25.1 Å². The second kappa shape index (κ2) is 8.72. The lowest BCUT2D eigenvalue weighted by Gasteiger charge is -2.10. The number of rotatable bonds is 7. The molecule has 1 amide bonds. The van der Waals surface area contributed by atoms with Gasteiger partial charge in [0.15, 0.2) is 6.61 Å². The van der Waals surface area contributed by atoms with Gasteiger partial charge in [-0.1, -0.05) is 25.1 Å². The fourth-order valence-corrected chi connectivity index (χ4v) is 2.03. The van der Waals surface area contributed by atoms with Gasteiger partial charge in [0.05, 0.1) is 12.2 Å². The predicted octanol–water partition coefficient (Wildman–Crippen LogP) is 3.58. The van der Waals surface area contributed by atoms with Crippen molar-refractivity contribution in [1.29, 1.82) is 0 Å². The number of hydrogen-bond acceptors (Lipinski definition) is 4. The molecule has 0 aliphatic carbocycles. The Morgan fingerprint density at radius 1 is 1.04 bits per heavy atom. The smallest absolute Gasteiger partial charge is 0.338 e. The number of nitrogens with one attached hydrogen (secondary N) is 1. The van der Waals surface area contributed by atoms with Gasteiger partial charge in [0.25, 0.3) is 5.91 Å². The van der Waals surface area contributed by atoms with Crippen molar-refractivity contribution in [3.8, 4) is 5.75 Å². The van der Waals surface area contributed by atoms with E-state index in [0.717, 1.165) is 12.0 Å². The van der Waals surface area contributed by atoms with E-state index in [1.807, 2.05) is 38.1 Å². The molecule has 1 N–H and O–H groups in total. The lowest BCUT2D eigenvalue weighted by atomic mass is 10.2. The first kappa shape index (κ1) is 17.5. The summed E-state index contributed by atoms with van der Waals surface area (Å²) in [6.07, 6.45) is 0.779. The van der Waals surface area contributed by atoms with Crippen LogP contribution in [0.25, 0.3) is 0 Å². The van der Waals surface area contributed by atoms with Crippen LogP contribution in [-0.2, 0) is 9.53 Å². The molecule has 0 unspecified atom stereocenters. The van der Waals surface area contributed by atoms with Crippen molar-refractivity contribution in [1.82, 2.24) is 0 Å². The van der Waals surface area contributed by atoms with Crippen molar-refractivity contribution in [3.63, 3.8) is 0 Å². The van der Waals surface area contributed by atoms with Crippen molar-refractivity contribution < 1.29 is 19.1 Å². The third-order valence-electron chi connectivity index (χ3n) is 3.29. The highest BCUT2D eigenvalue weighted by molar-refractivity contribution is 5.93. The second-order valence-corrected chi connectivity index (χ2v) is 5.32. The topological polar surface area (TPSA) is 64.6 Å². The molecule has 2 aromatic carbocycles. The SMILES string of the molecule is CCCOC(=O)c1ccc(NC(=O)COc2ccccc2C)cc1. The number of carbonyl (C=O) groups excluding carboxylic acids is 2. The normalized spacial score (nSPS) is 10.1.